The highest BCUT2D eigenvalue weighted by molar-refractivity contribution is 7.89. The van der Waals surface area contributed by atoms with Gasteiger partial charge in [0.2, 0.25) is 15.9 Å². The van der Waals surface area contributed by atoms with Gasteiger partial charge in [0.15, 0.2) is 0 Å². The van der Waals surface area contributed by atoms with Gasteiger partial charge < -0.3 is 15.4 Å². The fraction of sp³-hybridized carbons (Fsp3) is 0.533. The zero-order chi connectivity index (χ0) is 17.0. The number of ether oxygens (including phenoxy) is 1. The van der Waals surface area contributed by atoms with E-state index in [0.29, 0.717) is 18.0 Å². The van der Waals surface area contributed by atoms with Gasteiger partial charge in [-0.3, -0.25) is 4.79 Å². The summed E-state index contributed by atoms with van der Waals surface area (Å²) in [6, 6.07) is 4.46. The summed E-state index contributed by atoms with van der Waals surface area (Å²) in [6.45, 7) is 2.31. The SMILES string of the molecule is CNCC(C)C(=O)Nc1cc(S(=O)(=O)NC2CC2)ccc1OC.Cl. The molecular weight excluding hydrogens is 354 g/mol. The molecule has 7 nitrogen and oxygen atoms in total. The predicted molar refractivity (Wildman–Crippen MR) is 95.3 cm³/mol. The van der Waals surface area contributed by atoms with Crippen molar-refractivity contribution in [2.45, 2.75) is 30.7 Å². The van der Waals surface area contributed by atoms with Crippen molar-refractivity contribution in [1.29, 1.82) is 0 Å². The Morgan fingerprint density at radius 1 is 1.38 bits per heavy atom. The molecule has 136 valence electrons. The maximum absolute atomic E-state index is 12.3. The van der Waals surface area contributed by atoms with E-state index in [2.05, 4.69) is 15.4 Å². The zero-order valence-electron chi connectivity index (χ0n) is 14.0. The first-order chi connectivity index (χ1) is 10.9. The molecule has 3 N–H and O–H groups in total. The van der Waals surface area contributed by atoms with Gasteiger partial charge in [0.05, 0.1) is 17.7 Å². The van der Waals surface area contributed by atoms with Crippen molar-refractivity contribution in [2.24, 2.45) is 5.92 Å². The van der Waals surface area contributed by atoms with Gasteiger partial charge in [0.1, 0.15) is 5.75 Å². The van der Waals surface area contributed by atoms with Crippen LogP contribution >= 0.6 is 12.4 Å². The topological polar surface area (TPSA) is 96.5 Å². The lowest BCUT2D eigenvalue weighted by atomic mass is 10.1. The fourth-order valence-electron chi connectivity index (χ4n) is 2.10. The second kappa shape index (κ2) is 8.66. The first kappa shape index (κ1) is 20.7. The molecule has 0 heterocycles. The van der Waals surface area contributed by atoms with Crippen LogP contribution in [-0.2, 0) is 14.8 Å². The summed E-state index contributed by atoms with van der Waals surface area (Å²) in [4.78, 5) is 12.3. The zero-order valence-corrected chi connectivity index (χ0v) is 15.6. The summed E-state index contributed by atoms with van der Waals surface area (Å²) in [7, 11) is -0.344. The number of nitrogens with one attached hydrogen (secondary N) is 3. The molecule has 24 heavy (non-hydrogen) atoms. The Morgan fingerprint density at radius 3 is 2.58 bits per heavy atom. The highest BCUT2D eigenvalue weighted by Crippen LogP contribution is 2.29. The van der Waals surface area contributed by atoms with Crippen molar-refractivity contribution >= 4 is 34.0 Å². The van der Waals surface area contributed by atoms with Gasteiger partial charge in [-0.05, 0) is 38.1 Å². The molecule has 0 radical (unpaired) electrons. The third-order valence-electron chi connectivity index (χ3n) is 3.60. The number of carbonyl (C=O) groups excluding carboxylic acids is 1. The van der Waals surface area contributed by atoms with Crippen LogP contribution in [0.5, 0.6) is 5.75 Å². The monoisotopic (exact) mass is 377 g/mol. The average molecular weight is 378 g/mol. The van der Waals surface area contributed by atoms with E-state index in [4.69, 9.17) is 4.74 Å². The van der Waals surface area contributed by atoms with E-state index in [-0.39, 0.29) is 35.2 Å². The van der Waals surface area contributed by atoms with Gasteiger partial charge >= 0.3 is 0 Å². The van der Waals surface area contributed by atoms with Crippen LogP contribution in [0.2, 0.25) is 0 Å². The second-order valence-electron chi connectivity index (χ2n) is 5.71. The van der Waals surface area contributed by atoms with Crippen molar-refractivity contribution in [1.82, 2.24) is 10.0 Å². The van der Waals surface area contributed by atoms with E-state index >= 15 is 0 Å². The van der Waals surface area contributed by atoms with E-state index in [0.717, 1.165) is 12.8 Å². The summed E-state index contributed by atoms with van der Waals surface area (Å²) in [5, 5.41) is 5.66. The fourth-order valence-corrected chi connectivity index (χ4v) is 3.43. The smallest absolute Gasteiger partial charge is 0.240 e. The first-order valence-corrected chi connectivity index (χ1v) is 9.01. The van der Waals surface area contributed by atoms with Crippen LogP contribution in [0, 0.1) is 5.92 Å². The minimum Gasteiger partial charge on any atom is -0.495 e. The lowest BCUT2D eigenvalue weighted by Gasteiger charge is -2.15. The molecule has 1 fully saturated rings. The van der Waals surface area contributed by atoms with Gasteiger partial charge in [-0.25, -0.2) is 13.1 Å². The number of anilines is 1. The van der Waals surface area contributed by atoms with Crippen molar-refractivity contribution in [3.05, 3.63) is 18.2 Å². The molecule has 2 rings (SSSR count). The number of halogens is 1. The number of sulfonamides is 1. The number of hydrogen-bond acceptors (Lipinski definition) is 5. The van der Waals surface area contributed by atoms with E-state index in [1.54, 1.807) is 20.0 Å². The number of rotatable bonds is 8. The van der Waals surface area contributed by atoms with Crippen molar-refractivity contribution in [3.8, 4) is 5.75 Å². The lowest BCUT2D eigenvalue weighted by Crippen LogP contribution is -2.29. The van der Waals surface area contributed by atoms with Crippen LogP contribution in [0.25, 0.3) is 0 Å². The maximum atomic E-state index is 12.3. The molecule has 1 aromatic rings. The summed E-state index contributed by atoms with van der Waals surface area (Å²) in [5.74, 6) is -0.0442. The normalized spacial score (nSPS) is 15.3. The summed E-state index contributed by atoms with van der Waals surface area (Å²) in [6.07, 6.45) is 1.72. The van der Waals surface area contributed by atoms with Crippen LogP contribution in [-0.4, -0.2) is 41.1 Å². The molecule has 1 amide bonds. The van der Waals surface area contributed by atoms with Gasteiger partial charge in [-0.2, -0.15) is 0 Å². The highest BCUT2D eigenvalue weighted by Gasteiger charge is 2.28. The van der Waals surface area contributed by atoms with Crippen LogP contribution in [0.15, 0.2) is 23.1 Å². The van der Waals surface area contributed by atoms with Gasteiger partial charge in [0, 0.05) is 18.5 Å². The molecule has 1 aromatic carbocycles. The average Bonchev–Trinajstić information content (AvgIpc) is 3.30. The first-order valence-electron chi connectivity index (χ1n) is 7.53. The largest absolute Gasteiger partial charge is 0.495 e. The predicted octanol–water partition coefficient (Wildman–Crippen LogP) is 1.35. The molecule has 0 aromatic heterocycles. The Hall–Kier alpha value is -1.35. The summed E-state index contributed by atoms with van der Waals surface area (Å²) in [5.41, 5.74) is 0.346. The Labute approximate surface area is 149 Å². The number of benzene rings is 1. The molecule has 0 aliphatic heterocycles. The Bertz CT molecular complexity index is 677. The van der Waals surface area contributed by atoms with Crippen LogP contribution in [0.3, 0.4) is 0 Å². The van der Waals surface area contributed by atoms with Crippen molar-refractivity contribution in [2.75, 3.05) is 26.0 Å². The van der Waals surface area contributed by atoms with E-state index in [1.807, 2.05) is 0 Å². The van der Waals surface area contributed by atoms with E-state index < -0.39 is 10.0 Å². The molecule has 0 spiro atoms. The van der Waals surface area contributed by atoms with Gasteiger partial charge in [-0.15, -0.1) is 12.4 Å². The minimum atomic E-state index is -3.58. The number of amides is 1. The molecule has 1 aliphatic carbocycles. The molecule has 1 saturated carbocycles. The third-order valence-corrected chi connectivity index (χ3v) is 5.11. The van der Waals surface area contributed by atoms with Crippen LogP contribution in [0.4, 0.5) is 5.69 Å². The number of carbonyl (C=O) groups is 1. The van der Waals surface area contributed by atoms with Crippen molar-refractivity contribution in [3.63, 3.8) is 0 Å². The maximum Gasteiger partial charge on any atom is 0.240 e. The third kappa shape index (κ3) is 5.34. The standard InChI is InChI=1S/C15H23N3O4S.ClH/c1-10(9-16-2)15(19)17-13-8-12(6-7-14(13)22-3)23(20,21)18-11-4-5-11;/h6-8,10-11,16,18H,4-5,9H2,1-3H3,(H,17,19);1H. The van der Waals surface area contributed by atoms with Gasteiger partial charge in [0.25, 0.3) is 0 Å². The summed E-state index contributed by atoms with van der Waals surface area (Å²) < 4.78 is 32.4. The molecular formula is C15H24ClN3O4S. The second-order valence-corrected chi connectivity index (χ2v) is 7.42. The summed E-state index contributed by atoms with van der Waals surface area (Å²) >= 11 is 0. The van der Waals surface area contributed by atoms with Crippen LogP contribution < -0.4 is 20.1 Å². The lowest BCUT2D eigenvalue weighted by molar-refractivity contribution is -0.119. The minimum absolute atomic E-state index is 0. The molecule has 1 atom stereocenters. The molecule has 0 bridgehead atoms. The van der Waals surface area contributed by atoms with Crippen LogP contribution in [0.1, 0.15) is 19.8 Å². The molecule has 1 unspecified atom stereocenters. The highest BCUT2D eigenvalue weighted by atomic mass is 35.5. The Kier molecular flexibility index (Phi) is 7.47. The molecule has 0 saturated heterocycles. The van der Waals surface area contributed by atoms with Gasteiger partial charge in [-0.1, -0.05) is 6.92 Å². The van der Waals surface area contributed by atoms with E-state index in [1.165, 1.54) is 19.2 Å². The van der Waals surface area contributed by atoms with Crippen molar-refractivity contribution < 1.29 is 17.9 Å². The quantitative estimate of drug-likeness (QED) is 0.635. The molecule has 1 aliphatic rings. The number of methoxy groups -OCH3 is 1. The Balaban J connectivity index is 0.00000288. The van der Waals surface area contributed by atoms with E-state index in [9.17, 15) is 13.2 Å². The molecule has 9 heteroatoms. The number of hydrogen-bond donors (Lipinski definition) is 3. The Morgan fingerprint density at radius 2 is 2.04 bits per heavy atom.